The summed E-state index contributed by atoms with van der Waals surface area (Å²) in [6.45, 7) is 3.51. The van der Waals surface area contributed by atoms with Crippen molar-refractivity contribution in [3.8, 4) is 0 Å². The van der Waals surface area contributed by atoms with E-state index in [1.165, 1.54) is 0 Å². The van der Waals surface area contributed by atoms with Crippen LogP contribution in [0.4, 0.5) is 0 Å². The first kappa shape index (κ1) is 12.6. The molecule has 0 aliphatic rings. The van der Waals surface area contributed by atoms with Gasteiger partial charge in [-0.25, -0.2) is 4.79 Å². The van der Waals surface area contributed by atoms with E-state index in [4.69, 9.17) is 10.2 Å². The molecule has 0 aliphatic heterocycles. The van der Waals surface area contributed by atoms with Crippen molar-refractivity contribution in [1.29, 1.82) is 0 Å². The summed E-state index contributed by atoms with van der Waals surface area (Å²) >= 11 is 0. The summed E-state index contributed by atoms with van der Waals surface area (Å²) in [6.07, 6.45) is -2.14. The van der Waals surface area contributed by atoms with Crippen LogP contribution >= 0.6 is 0 Å². The van der Waals surface area contributed by atoms with Crippen LogP contribution < -0.4 is 0 Å². The molecular formula is C9H15N3O4. The molecule has 0 amide bonds. The molecule has 7 nitrogen and oxygen atoms in total. The first-order valence-electron chi connectivity index (χ1n) is 4.92. The highest BCUT2D eigenvalue weighted by atomic mass is 16.4. The molecule has 0 aliphatic carbocycles. The smallest absolute Gasteiger partial charge is 0.332 e. The third kappa shape index (κ3) is 2.77. The summed E-state index contributed by atoms with van der Waals surface area (Å²) in [7, 11) is 0. The summed E-state index contributed by atoms with van der Waals surface area (Å²) in [5.41, 5.74) is 0. The Morgan fingerprint density at radius 3 is 2.56 bits per heavy atom. The molecular weight excluding hydrogens is 214 g/mol. The zero-order valence-electron chi connectivity index (χ0n) is 9.16. The number of aliphatic hydroxyl groups is 2. The van der Waals surface area contributed by atoms with Gasteiger partial charge in [0, 0.05) is 13.0 Å². The number of carboxylic acids is 1. The number of aryl methyl sites for hydroxylation is 1. The highest BCUT2D eigenvalue weighted by Gasteiger charge is 2.17. The monoisotopic (exact) mass is 229 g/mol. The van der Waals surface area contributed by atoms with Gasteiger partial charge in [0.2, 0.25) is 0 Å². The minimum Gasteiger partial charge on any atom is -0.479 e. The Balaban J connectivity index is 2.73. The Morgan fingerprint density at radius 2 is 2.06 bits per heavy atom. The number of rotatable bonds is 5. The average Bonchev–Trinajstić information content (AvgIpc) is 2.56. The second-order valence-corrected chi connectivity index (χ2v) is 3.58. The molecule has 1 aromatic rings. The van der Waals surface area contributed by atoms with Crippen LogP contribution in [0.15, 0.2) is 0 Å². The lowest BCUT2D eigenvalue weighted by Crippen LogP contribution is -2.22. The van der Waals surface area contributed by atoms with Crippen molar-refractivity contribution in [3.05, 3.63) is 11.6 Å². The van der Waals surface area contributed by atoms with E-state index in [1.807, 2.05) is 0 Å². The molecule has 0 radical (unpaired) electrons. The molecule has 2 unspecified atom stereocenters. The van der Waals surface area contributed by atoms with E-state index < -0.39 is 18.2 Å². The third-order valence-electron chi connectivity index (χ3n) is 2.25. The molecule has 0 bridgehead atoms. The minimum absolute atomic E-state index is 0.0495. The average molecular weight is 229 g/mol. The van der Waals surface area contributed by atoms with Crippen LogP contribution in [0.5, 0.6) is 0 Å². The maximum atomic E-state index is 10.4. The van der Waals surface area contributed by atoms with Crippen LogP contribution in [-0.2, 0) is 11.3 Å². The summed E-state index contributed by atoms with van der Waals surface area (Å²) in [4.78, 5) is 10.4. The van der Waals surface area contributed by atoms with Crippen molar-refractivity contribution in [2.24, 2.45) is 0 Å². The Kier molecular flexibility index (Phi) is 3.97. The second kappa shape index (κ2) is 5.04. The minimum atomic E-state index is -1.41. The summed E-state index contributed by atoms with van der Waals surface area (Å²) in [5.74, 6) is -0.312. The van der Waals surface area contributed by atoms with Crippen LogP contribution in [0.25, 0.3) is 0 Å². The van der Waals surface area contributed by atoms with Gasteiger partial charge in [-0.05, 0) is 13.8 Å². The Labute approximate surface area is 92.4 Å². The summed E-state index contributed by atoms with van der Waals surface area (Å²) in [5, 5.41) is 34.6. The first-order chi connectivity index (χ1) is 7.43. The van der Waals surface area contributed by atoms with E-state index in [-0.39, 0.29) is 13.0 Å². The predicted octanol–water partition coefficient (Wildman–Crippen LogP) is -0.525. The van der Waals surface area contributed by atoms with Gasteiger partial charge in [-0.15, -0.1) is 10.2 Å². The zero-order valence-corrected chi connectivity index (χ0v) is 9.16. The lowest BCUT2D eigenvalue weighted by atomic mass is 10.2. The Hall–Kier alpha value is -1.47. The number of aliphatic hydroxyl groups excluding tert-OH is 2. The van der Waals surface area contributed by atoms with Crippen molar-refractivity contribution in [2.75, 3.05) is 0 Å². The number of aliphatic carboxylic acids is 1. The number of aromatic nitrogens is 3. The summed E-state index contributed by atoms with van der Waals surface area (Å²) in [6, 6.07) is 0. The number of nitrogens with zero attached hydrogens (tertiary/aromatic N) is 3. The largest absolute Gasteiger partial charge is 0.479 e. The van der Waals surface area contributed by atoms with Gasteiger partial charge in [0.25, 0.3) is 0 Å². The fourth-order valence-corrected chi connectivity index (χ4v) is 1.36. The molecule has 1 heterocycles. The first-order valence-corrected chi connectivity index (χ1v) is 4.92. The quantitative estimate of drug-likeness (QED) is 0.626. The van der Waals surface area contributed by atoms with Gasteiger partial charge in [0.1, 0.15) is 11.9 Å². The van der Waals surface area contributed by atoms with Crippen molar-refractivity contribution < 1.29 is 20.1 Å². The third-order valence-corrected chi connectivity index (χ3v) is 2.25. The van der Waals surface area contributed by atoms with Crippen molar-refractivity contribution >= 4 is 5.97 Å². The van der Waals surface area contributed by atoms with Gasteiger partial charge >= 0.3 is 5.97 Å². The van der Waals surface area contributed by atoms with Gasteiger partial charge in [0.15, 0.2) is 11.9 Å². The lowest BCUT2D eigenvalue weighted by molar-refractivity contribution is -0.147. The highest BCUT2D eigenvalue weighted by molar-refractivity contribution is 5.71. The SMILES string of the molecule is Cc1nnc(C(C)O)n1CCC(O)C(=O)O. The van der Waals surface area contributed by atoms with E-state index >= 15 is 0 Å². The number of hydrogen-bond donors (Lipinski definition) is 3. The molecule has 7 heteroatoms. The molecule has 2 atom stereocenters. The highest BCUT2D eigenvalue weighted by Crippen LogP contribution is 2.12. The molecule has 3 N–H and O–H groups in total. The molecule has 16 heavy (non-hydrogen) atoms. The van der Waals surface area contributed by atoms with Crippen molar-refractivity contribution in [1.82, 2.24) is 14.8 Å². The van der Waals surface area contributed by atoms with Crippen LogP contribution in [0.1, 0.15) is 31.1 Å². The molecule has 90 valence electrons. The summed E-state index contributed by atoms with van der Waals surface area (Å²) < 4.78 is 1.59. The van der Waals surface area contributed by atoms with E-state index in [2.05, 4.69) is 10.2 Å². The van der Waals surface area contributed by atoms with Crippen molar-refractivity contribution in [3.63, 3.8) is 0 Å². The molecule has 0 spiro atoms. The predicted molar refractivity (Wildman–Crippen MR) is 53.7 cm³/mol. The molecule has 1 aromatic heterocycles. The maximum absolute atomic E-state index is 10.4. The Bertz CT molecular complexity index is 375. The normalized spacial score (nSPS) is 14.8. The standard InChI is InChI=1S/C9H15N3O4/c1-5(13)8-11-10-6(2)12(8)4-3-7(14)9(15)16/h5,7,13-14H,3-4H2,1-2H3,(H,15,16). The molecule has 0 aromatic carbocycles. The van der Waals surface area contributed by atoms with Gasteiger partial charge in [-0.2, -0.15) is 0 Å². The van der Waals surface area contributed by atoms with Gasteiger partial charge < -0.3 is 19.9 Å². The van der Waals surface area contributed by atoms with Crippen LogP contribution in [0.3, 0.4) is 0 Å². The van der Waals surface area contributed by atoms with E-state index in [9.17, 15) is 9.90 Å². The lowest BCUT2D eigenvalue weighted by Gasteiger charge is -2.11. The second-order valence-electron chi connectivity index (χ2n) is 3.58. The fourth-order valence-electron chi connectivity index (χ4n) is 1.36. The van der Waals surface area contributed by atoms with Gasteiger partial charge in [-0.1, -0.05) is 0 Å². The van der Waals surface area contributed by atoms with Crippen molar-refractivity contribution in [2.45, 2.75) is 39.0 Å². The fraction of sp³-hybridized carbons (Fsp3) is 0.667. The Morgan fingerprint density at radius 1 is 1.44 bits per heavy atom. The molecule has 0 saturated heterocycles. The maximum Gasteiger partial charge on any atom is 0.332 e. The molecule has 1 rings (SSSR count). The number of hydrogen-bond acceptors (Lipinski definition) is 5. The molecule has 0 fully saturated rings. The number of carbonyl (C=O) groups is 1. The van der Waals surface area contributed by atoms with Gasteiger partial charge in [0.05, 0.1) is 0 Å². The van der Waals surface area contributed by atoms with E-state index in [0.29, 0.717) is 11.6 Å². The van der Waals surface area contributed by atoms with Crippen LogP contribution in [0.2, 0.25) is 0 Å². The van der Waals surface area contributed by atoms with E-state index in [1.54, 1.807) is 18.4 Å². The van der Waals surface area contributed by atoms with E-state index in [0.717, 1.165) is 0 Å². The zero-order chi connectivity index (χ0) is 12.3. The van der Waals surface area contributed by atoms with Gasteiger partial charge in [-0.3, -0.25) is 0 Å². The number of carboxylic acid groups (broad SMARTS) is 1. The topological polar surface area (TPSA) is 108 Å². The van der Waals surface area contributed by atoms with Crippen LogP contribution in [-0.4, -0.2) is 42.2 Å². The molecule has 0 saturated carbocycles. The van der Waals surface area contributed by atoms with Crippen LogP contribution in [0, 0.1) is 6.92 Å².